The summed E-state index contributed by atoms with van der Waals surface area (Å²) in [6.07, 6.45) is 0. The van der Waals surface area contributed by atoms with Gasteiger partial charge >= 0.3 is 0 Å². The summed E-state index contributed by atoms with van der Waals surface area (Å²) in [6, 6.07) is 35.6. The molecule has 27 heavy (non-hydrogen) atoms. The highest BCUT2D eigenvalue weighted by Gasteiger charge is 2.24. The summed E-state index contributed by atoms with van der Waals surface area (Å²) in [5.74, 6) is 0. The third kappa shape index (κ3) is 2.87. The van der Waals surface area contributed by atoms with Gasteiger partial charge in [-0.25, -0.2) is 9.97 Å². The van der Waals surface area contributed by atoms with E-state index in [1.807, 2.05) is 30.3 Å². The summed E-state index contributed by atoms with van der Waals surface area (Å²) in [4.78, 5) is 9.83. The summed E-state index contributed by atoms with van der Waals surface area (Å²) < 4.78 is 0. The molecule has 5 aromatic rings. The number of hydrogen-bond donors (Lipinski definition) is 0. The molecular formula is C24H17BN2. The predicted octanol–water partition coefficient (Wildman–Crippen LogP) is 3.30. The van der Waals surface area contributed by atoms with Crippen molar-refractivity contribution < 1.29 is 0 Å². The highest BCUT2D eigenvalue weighted by molar-refractivity contribution is 6.96. The van der Waals surface area contributed by atoms with Gasteiger partial charge in [0.15, 0.2) is 0 Å². The number of rotatable bonds is 3. The van der Waals surface area contributed by atoms with Crippen molar-refractivity contribution >= 4 is 45.2 Å². The monoisotopic (exact) mass is 344 g/mol. The predicted molar refractivity (Wildman–Crippen MR) is 115 cm³/mol. The van der Waals surface area contributed by atoms with Crippen molar-refractivity contribution in [2.24, 2.45) is 0 Å². The molecule has 126 valence electrons. The first-order chi connectivity index (χ1) is 13.4. The first kappa shape index (κ1) is 15.8. The number of fused-ring (bicyclic) bond motifs is 2. The van der Waals surface area contributed by atoms with Crippen molar-refractivity contribution in [3.63, 3.8) is 0 Å². The Morgan fingerprint density at radius 1 is 0.444 bits per heavy atom. The molecule has 0 saturated carbocycles. The lowest BCUT2D eigenvalue weighted by Crippen LogP contribution is -2.52. The van der Waals surface area contributed by atoms with E-state index in [2.05, 4.69) is 72.8 Å². The van der Waals surface area contributed by atoms with E-state index in [0.29, 0.717) is 0 Å². The third-order valence-electron chi connectivity index (χ3n) is 4.98. The second-order valence-corrected chi connectivity index (χ2v) is 6.68. The lowest BCUT2D eigenvalue weighted by atomic mass is 9.36. The Morgan fingerprint density at radius 3 is 1.59 bits per heavy atom. The summed E-state index contributed by atoms with van der Waals surface area (Å²) in [5.41, 5.74) is 7.45. The molecule has 0 bridgehead atoms. The molecule has 0 aliphatic rings. The smallest absolute Gasteiger partial charge is 0.244 e. The molecule has 0 radical (unpaired) electrons. The van der Waals surface area contributed by atoms with Crippen LogP contribution in [0.25, 0.3) is 22.1 Å². The molecule has 0 aliphatic carbocycles. The topological polar surface area (TPSA) is 25.8 Å². The Balaban J connectivity index is 1.81. The van der Waals surface area contributed by atoms with Crippen molar-refractivity contribution in [3.05, 3.63) is 103 Å². The molecule has 0 unspecified atom stereocenters. The van der Waals surface area contributed by atoms with Gasteiger partial charge in [-0.2, -0.15) is 0 Å². The molecular weight excluding hydrogens is 327 g/mol. The molecule has 1 heterocycles. The first-order valence-corrected chi connectivity index (χ1v) is 9.15. The molecule has 0 spiro atoms. The zero-order valence-corrected chi connectivity index (χ0v) is 14.8. The number of nitrogens with zero attached hydrogens (tertiary/aromatic N) is 2. The van der Waals surface area contributed by atoms with Crippen LogP contribution >= 0.6 is 0 Å². The molecule has 1 aromatic heterocycles. The van der Waals surface area contributed by atoms with Gasteiger partial charge in [0.25, 0.3) is 0 Å². The van der Waals surface area contributed by atoms with Gasteiger partial charge in [0.1, 0.15) is 0 Å². The molecule has 0 atom stereocenters. The second kappa shape index (κ2) is 6.69. The standard InChI is InChI=1S/C24H17BN2/c1-3-10-18(11-4-1)25(19-12-5-2-6-13-19)20-14-9-17-23-24(20)27-22-16-8-7-15-21(22)26-23/h1-17H. The van der Waals surface area contributed by atoms with Crippen LogP contribution in [0.5, 0.6) is 0 Å². The largest absolute Gasteiger partial charge is 0.245 e. The van der Waals surface area contributed by atoms with E-state index in [1.165, 1.54) is 16.4 Å². The van der Waals surface area contributed by atoms with Gasteiger partial charge in [-0.1, -0.05) is 95.9 Å². The van der Waals surface area contributed by atoms with E-state index in [4.69, 9.17) is 9.97 Å². The number of hydrogen-bond acceptors (Lipinski definition) is 2. The van der Waals surface area contributed by atoms with Crippen molar-refractivity contribution in [2.75, 3.05) is 0 Å². The molecule has 0 N–H and O–H groups in total. The number of benzene rings is 4. The maximum Gasteiger partial charge on any atom is 0.244 e. The van der Waals surface area contributed by atoms with Crippen LogP contribution in [-0.2, 0) is 0 Å². The quantitative estimate of drug-likeness (QED) is 0.371. The Labute approximate surface area is 158 Å². The summed E-state index contributed by atoms with van der Waals surface area (Å²) in [5, 5.41) is 0. The van der Waals surface area contributed by atoms with Crippen LogP contribution in [0.4, 0.5) is 0 Å². The maximum absolute atomic E-state index is 4.99. The highest BCUT2D eigenvalue weighted by Crippen LogP contribution is 2.15. The van der Waals surface area contributed by atoms with Crippen LogP contribution in [0, 0.1) is 0 Å². The Hall–Kier alpha value is -3.46. The van der Waals surface area contributed by atoms with Crippen LogP contribution in [-0.4, -0.2) is 16.7 Å². The van der Waals surface area contributed by atoms with Gasteiger partial charge in [0, 0.05) is 0 Å². The minimum atomic E-state index is 0.117. The third-order valence-corrected chi connectivity index (χ3v) is 4.98. The van der Waals surface area contributed by atoms with Gasteiger partial charge in [-0.15, -0.1) is 0 Å². The molecule has 0 fully saturated rings. The first-order valence-electron chi connectivity index (χ1n) is 9.15. The molecule has 0 aliphatic heterocycles. The summed E-state index contributed by atoms with van der Waals surface area (Å²) in [7, 11) is 0. The van der Waals surface area contributed by atoms with E-state index < -0.39 is 0 Å². The van der Waals surface area contributed by atoms with Crippen LogP contribution < -0.4 is 16.4 Å². The average molecular weight is 344 g/mol. The Morgan fingerprint density at radius 2 is 0.963 bits per heavy atom. The van der Waals surface area contributed by atoms with Crippen molar-refractivity contribution in [3.8, 4) is 0 Å². The van der Waals surface area contributed by atoms with E-state index in [1.54, 1.807) is 0 Å². The van der Waals surface area contributed by atoms with Crippen molar-refractivity contribution in [1.29, 1.82) is 0 Å². The summed E-state index contributed by atoms with van der Waals surface area (Å²) >= 11 is 0. The molecule has 3 heteroatoms. The van der Waals surface area contributed by atoms with Crippen LogP contribution in [0.2, 0.25) is 0 Å². The van der Waals surface area contributed by atoms with E-state index >= 15 is 0 Å². The molecule has 2 nitrogen and oxygen atoms in total. The lowest BCUT2D eigenvalue weighted by Gasteiger charge is -2.17. The van der Waals surface area contributed by atoms with E-state index in [9.17, 15) is 0 Å². The van der Waals surface area contributed by atoms with Crippen LogP contribution in [0.3, 0.4) is 0 Å². The van der Waals surface area contributed by atoms with Gasteiger partial charge in [0.2, 0.25) is 6.71 Å². The van der Waals surface area contributed by atoms with Gasteiger partial charge in [0.05, 0.1) is 22.1 Å². The fourth-order valence-corrected chi connectivity index (χ4v) is 3.74. The van der Waals surface area contributed by atoms with E-state index in [0.717, 1.165) is 22.1 Å². The minimum Gasteiger partial charge on any atom is -0.245 e. The Bertz CT molecular complexity index is 1180. The van der Waals surface area contributed by atoms with Crippen LogP contribution in [0.15, 0.2) is 103 Å². The molecule has 5 rings (SSSR count). The normalized spacial score (nSPS) is 11.0. The molecule has 0 amide bonds. The summed E-state index contributed by atoms with van der Waals surface area (Å²) in [6.45, 7) is 0.117. The number of aromatic nitrogens is 2. The minimum absolute atomic E-state index is 0.117. The van der Waals surface area contributed by atoms with Gasteiger partial charge < -0.3 is 0 Å². The van der Waals surface area contributed by atoms with Crippen LogP contribution in [0.1, 0.15) is 0 Å². The lowest BCUT2D eigenvalue weighted by molar-refractivity contribution is 1.40. The SMILES string of the molecule is c1ccc(B(c2ccccc2)c2cccc3nc4ccccc4nc23)cc1. The fraction of sp³-hybridized carbons (Fsp3) is 0. The fourth-order valence-electron chi connectivity index (χ4n) is 3.74. The zero-order chi connectivity index (χ0) is 18.1. The second-order valence-electron chi connectivity index (χ2n) is 6.68. The van der Waals surface area contributed by atoms with Gasteiger partial charge in [-0.05, 0) is 23.7 Å². The maximum atomic E-state index is 4.99. The molecule has 4 aromatic carbocycles. The Kier molecular flexibility index (Phi) is 3.91. The average Bonchev–Trinajstić information content (AvgIpc) is 2.74. The van der Waals surface area contributed by atoms with Crippen molar-refractivity contribution in [2.45, 2.75) is 0 Å². The zero-order valence-electron chi connectivity index (χ0n) is 14.8. The molecule has 0 saturated heterocycles. The highest BCUT2D eigenvalue weighted by atomic mass is 14.8. The number of para-hydroxylation sites is 3. The van der Waals surface area contributed by atoms with Crippen molar-refractivity contribution in [1.82, 2.24) is 9.97 Å². The van der Waals surface area contributed by atoms with Gasteiger partial charge in [-0.3, -0.25) is 0 Å². The van der Waals surface area contributed by atoms with E-state index in [-0.39, 0.29) is 6.71 Å².